The van der Waals surface area contributed by atoms with Crippen molar-refractivity contribution in [1.29, 1.82) is 5.26 Å². The molecule has 1 aromatic heterocycles. The van der Waals surface area contributed by atoms with Crippen LogP contribution in [-0.2, 0) is 10.8 Å². The van der Waals surface area contributed by atoms with Crippen LogP contribution in [0.15, 0.2) is 121 Å². The molecule has 5 fully saturated rings. The van der Waals surface area contributed by atoms with Gasteiger partial charge in [-0.25, -0.2) is 15.0 Å². The first-order valence-corrected chi connectivity index (χ1v) is 22.8. The molecule has 5 aliphatic carbocycles. The number of nitrogens with zero attached hydrogens (tertiary/aromatic N) is 4. The molecule has 11 rings (SSSR count). The molecule has 5 aliphatic rings. The van der Waals surface area contributed by atoms with Crippen molar-refractivity contribution in [2.75, 3.05) is 0 Å². The maximum absolute atomic E-state index is 9.52. The molecule has 3 unspecified atom stereocenters. The van der Waals surface area contributed by atoms with Crippen LogP contribution in [0, 0.1) is 46.8 Å². The lowest BCUT2D eigenvalue weighted by atomic mass is 9.54. The maximum atomic E-state index is 9.52. The summed E-state index contributed by atoms with van der Waals surface area (Å²) in [5.41, 5.74) is 11.4. The summed E-state index contributed by atoms with van der Waals surface area (Å²) in [6.45, 7) is 9.91. The van der Waals surface area contributed by atoms with Gasteiger partial charge in [-0.1, -0.05) is 125 Å². The number of hydrogen-bond donors (Lipinski definition) is 0. The van der Waals surface area contributed by atoms with Gasteiger partial charge in [0.1, 0.15) is 0 Å². The standard InChI is InChI=1S/C56H58N4/c1-36-24-40-27-42(28-40)33-55(4,30-36)48-19-14-44(15-20-48)51-29-47(43-12-10-39(35-57)11-13-43)18-23-50(51)54-59-52(45-8-6-5-7-9-45)58-53(60-54)46-16-21-49(22-17-46)56-31-37(2)25-41(34-56)26-38(3)32-56/h5-23,29,36-38,40-42H,24-28,30-34H2,1-4H3/t36-,37-,38+,40?,41?,42?,55?,56?/m0/s1. The SMILES string of the molecule is C[C@@H]1CC2C[C@H](C)CC(c3ccc(-c4nc(-c5ccccc5)nc(-c5ccc(-c6ccc(C#N)cc6)cc5-c5ccc(C6(C)CC7CC(C7)C[C@H](C)C6)cc5)n4)cc3)(C2)C1. The Morgan fingerprint density at radius 3 is 1.67 bits per heavy atom. The highest BCUT2D eigenvalue weighted by Gasteiger charge is 2.45. The summed E-state index contributed by atoms with van der Waals surface area (Å²) in [6.07, 6.45) is 13.3. The fraction of sp³-hybridized carbons (Fsp3) is 0.393. The molecule has 6 atom stereocenters. The Hall–Kier alpha value is -5.40. The highest BCUT2D eigenvalue weighted by Crippen LogP contribution is 2.54. The third-order valence-electron chi connectivity index (χ3n) is 15.2. The first-order valence-electron chi connectivity index (χ1n) is 22.8. The molecule has 4 bridgehead atoms. The fourth-order valence-corrected chi connectivity index (χ4v) is 12.9. The van der Waals surface area contributed by atoms with Gasteiger partial charge in [-0.3, -0.25) is 0 Å². The van der Waals surface area contributed by atoms with Gasteiger partial charge in [-0.2, -0.15) is 5.26 Å². The molecule has 0 saturated heterocycles. The van der Waals surface area contributed by atoms with Crippen LogP contribution in [0.4, 0.5) is 0 Å². The first-order chi connectivity index (χ1) is 29.1. The van der Waals surface area contributed by atoms with E-state index in [0.717, 1.165) is 74.5 Å². The Kier molecular flexibility index (Phi) is 10.1. The lowest BCUT2D eigenvalue weighted by Gasteiger charge is -2.50. The Labute approximate surface area is 357 Å². The zero-order valence-electron chi connectivity index (χ0n) is 35.9. The number of fused-ring (bicyclic) bond motifs is 6. The van der Waals surface area contributed by atoms with Crippen molar-refractivity contribution in [3.63, 3.8) is 0 Å². The van der Waals surface area contributed by atoms with Gasteiger partial charge in [0.15, 0.2) is 17.5 Å². The van der Waals surface area contributed by atoms with E-state index < -0.39 is 0 Å². The van der Waals surface area contributed by atoms with Gasteiger partial charge >= 0.3 is 0 Å². The second-order valence-corrected chi connectivity index (χ2v) is 20.2. The summed E-state index contributed by atoms with van der Waals surface area (Å²) in [7, 11) is 0. The van der Waals surface area contributed by atoms with E-state index in [2.05, 4.69) is 125 Å². The second-order valence-electron chi connectivity index (χ2n) is 20.2. The van der Waals surface area contributed by atoms with E-state index in [0.29, 0.717) is 23.0 Å². The van der Waals surface area contributed by atoms with Crippen molar-refractivity contribution in [3.05, 3.63) is 138 Å². The topological polar surface area (TPSA) is 62.5 Å². The monoisotopic (exact) mass is 786 g/mol. The van der Waals surface area contributed by atoms with Gasteiger partial charge in [0.05, 0.1) is 11.6 Å². The number of nitriles is 1. The van der Waals surface area contributed by atoms with Crippen LogP contribution in [0.5, 0.6) is 0 Å². The molecule has 302 valence electrons. The fourth-order valence-electron chi connectivity index (χ4n) is 12.9. The molecule has 4 heteroatoms. The van der Waals surface area contributed by atoms with Crippen molar-refractivity contribution in [2.24, 2.45) is 35.5 Å². The second kappa shape index (κ2) is 15.6. The van der Waals surface area contributed by atoms with Crippen molar-refractivity contribution in [1.82, 2.24) is 15.0 Å². The maximum Gasteiger partial charge on any atom is 0.164 e. The van der Waals surface area contributed by atoms with Crippen LogP contribution in [0.25, 0.3) is 56.4 Å². The summed E-state index contributed by atoms with van der Waals surface area (Å²) < 4.78 is 0. The predicted molar refractivity (Wildman–Crippen MR) is 245 cm³/mol. The predicted octanol–water partition coefficient (Wildman–Crippen LogP) is 14.3. The van der Waals surface area contributed by atoms with Crippen LogP contribution in [0.3, 0.4) is 0 Å². The minimum Gasteiger partial charge on any atom is -0.208 e. The lowest BCUT2D eigenvalue weighted by Crippen LogP contribution is -2.42. The molecule has 60 heavy (non-hydrogen) atoms. The van der Waals surface area contributed by atoms with Gasteiger partial charge < -0.3 is 0 Å². The molecule has 5 aromatic carbocycles. The lowest BCUT2D eigenvalue weighted by molar-refractivity contribution is 0.0780. The molecule has 5 saturated carbocycles. The molecule has 1 heterocycles. The largest absolute Gasteiger partial charge is 0.208 e. The molecule has 0 aliphatic heterocycles. The number of aromatic nitrogens is 3. The van der Waals surface area contributed by atoms with Crippen molar-refractivity contribution in [3.8, 4) is 62.5 Å². The average Bonchev–Trinajstić information content (AvgIpc) is 3.24. The number of rotatable bonds is 7. The molecular formula is C56H58N4. The van der Waals surface area contributed by atoms with Crippen LogP contribution in [-0.4, -0.2) is 15.0 Å². The van der Waals surface area contributed by atoms with Crippen molar-refractivity contribution in [2.45, 2.75) is 103 Å². The zero-order chi connectivity index (χ0) is 41.0. The van der Waals surface area contributed by atoms with Gasteiger partial charge in [-0.15, -0.1) is 0 Å². The van der Waals surface area contributed by atoms with E-state index in [9.17, 15) is 5.26 Å². The highest BCUT2D eigenvalue weighted by molar-refractivity contribution is 5.86. The molecule has 0 spiro atoms. The molecule has 0 radical (unpaired) electrons. The van der Waals surface area contributed by atoms with Crippen LogP contribution >= 0.6 is 0 Å². The van der Waals surface area contributed by atoms with E-state index in [4.69, 9.17) is 15.0 Å². The Morgan fingerprint density at radius 2 is 1.00 bits per heavy atom. The summed E-state index contributed by atoms with van der Waals surface area (Å²) in [6, 6.07) is 45.9. The zero-order valence-corrected chi connectivity index (χ0v) is 35.9. The Bertz CT molecular complexity index is 2500. The van der Waals surface area contributed by atoms with E-state index >= 15 is 0 Å². The van der Waals surface area contributed by atoms with E-state index in [1.165, 1.54) is 75.3 Å². The molecule has 6 aromatic rings. The average molecular weight is 787 g/mol. The van der Waals surface area contributed by atoms with Crippen LogP contribution < -0.4 is 0 Å². The van der Waals surface area contributed by atoms with E-state index in [-0.39, 0.29) is 10.8 Å². The Balaban J connectivity index is 1.07. The molecule has 4 nitrogen and oxygen atoms in total. The third kappa shape index (κ3) is 7.51. The normalized spacial score (nSPS) is 28.4. The van der Waals surface area contributed by atoms with Gasteiger partial charge in [0.2, 0.25) is 0 Å². The summed E-state index contributed by atoms with van der Waals surface area (Å²) in [5.74, 6) is 6.94. The number of benzene rings is 5. The summed E-state index contributed by atoms with van der Waals surface area (Å²) >= 11 is 0. The molecule has 0 amide bonds. The van der Waals surface area contributed by atoms with Crippen molar-refractivity contribution >= 4 is 0 Å². The smallest absolute Gasteiger partial charge is 0.164 e. The molecular weight excluding hydrogens is 729 g/mol. The van der Waals surface area contributed by atoms with Gasteiger partial charge in [-0.05, 0) is 168 Å². The van der Waals surface area contributed by atoms with E-state index in [1.807, 2.05) is 30.3 Å². The van der Waals surface area contributed by atoms with Gasteiger partial charge in [0.25, 0.3) is 0 Å². The van der Waals surface area contributed by atoms with Crippen molar-refractivity contribution < 1.29 is 0 Å². The van der Waals surface area contributed by atoms with Crippen LogP contribution in [0.1, 0.15) is 109 Å². The third-order valence-corrected chi connectivity index (χ3v) is 15.2. The first kappa shape index (κ1) is 38.8. The summed E-state index contributed by atoms with van der Waals surface area (Å²) in [4.78, 5) is 15.7. The minimum atomic E-state index is 0.177. The van der Waals surface area contributed by atoms with Crippen LogP contribution in [0.2, 0.25) is 0 Å². The number of hydrogen-bond acceptors (Lipinski definition) is 4. The summed E-state index contributed by atoms with van der Waals surface area (Å²) in [5, 5.41) is 9.52. The Morgan fingerprint density at radius 1 is 0.467 bits per heavy atom. The van der Waals surface area contributed by atoms with Gasteiger partial charge in [0, 0.05) is 16.7 Å². The molecule has 0 N–H and O–H groups in total. The minimum absolute atomic E-state index is 0.177. The quantitative estimate of drug-likeness (QED) is 0.162. The highest BCUT2D eigenvalue weighted by atomic mass is 15.0. The van der Waals surface area contributed by atoms with E-state index in [1.54, 1.807) is 0 Å².